The molecule has 0 saturated heterocycles. The lowest BCUT2D eigenvalue weighted by atomic mass is 10.0. The normalized spacial score (nSPS) is 12.8. The number of ether oxygens (including phenoxy) is 2. The molecule has 1 rings (SSSR count). The minimum Gasteiger partial charge on any atom is -0.448 e. The predicted octanol–water partition coefficient (Wildman–Crippen LogP) is 2.20. The third-order valence-corrected chi connectivity index (χ3v) is 2.93. The Morgan fingerprint density at radius 2 is 2.00 bits per heavy atom. The van der Waals surface area contributed by atoms with Crippen molar-refractivity contribution in [3.63, 3.8) is 0 Å². The standard InChI is InChI=1S/C15H20N2O4/c1-3-11(2)13(10-20-14(16)18)17-15(19)21-9-12-7-5-4-6-8-12/h3-8,11,13H,1,9-10H2,2H3,(H2,16,18)(H,17,19). The maximum Gasteiger partial charge on any atom is 0.407 e. The molecule has 0 saturated carbocycles. The number of rotatable bonds is 7. The number of carbonyl (C=O) groups is 2. The summed E-state index contributed by atoms with van der Waals surface area (Å²) in [6, 6.07) is 8.87. The monoisotopic (exact) mass is 292 g/mol. The summed E-state index contributed by atoms with van der Waals surface area (Å²) in [7, 11) is 0. The van der Waals surface area contributed by atoms with Crippen LogP contribution >= 0.6 is 0 Å². The van der Waals surface area contributed by atoms with Crippen molar-refractivity contribution >= 4 is 12.2 Å². The molecule has 0 radical (unpaired) electrons. The lowest BCUT2D eigenvalue weighted by Gasteiger charge is -2.21. The van der Waals surface area contributed by atoms with Gasteiger partial charge in [0.25, 0.3) is 0 Å². The third kappa shape index (κ3) is 6.47. The van der Waals surface area contributed by atoms with E-state index in [0.29, 0.717) is 0 Å². The molecule has 2 amide bonds. The summed E-state index contributed by atoms with van der Waals surface area (Å²) in [5.41, 5.74) is 5.80. The Kier molecular flexibility index (Phi) is 6.80. The molecular formula is C15H20N2O4. The Bertz CT molecular complexity index is 476. The molecule has 0 aliphatic heterocycles. The molecule has 2 unspecified atom stereocenters. The summed E-state index contributed by atoms with van der Waals surface area (Å²) in [4.78, 5) is 22.4. The first-order valence-electron chi connectivity index (χ1n) is 6.55. The first-order valence-corrected chi connectivity index (χ1v) is 6.55. The van der Waals surface area contributed by atoms with E-state index in [1.54, 1.807) is 6.08 Å². The van der Waals surface area contributed by atoms with Crippen molar-refractivity contribution in [2.45, 2.75) is 19.6 Å². The summed E-state index contributed by atoms with van der Waals surface area (Å²) >= 11 is 0. The van der Waals surface area contributed by atoms with E-state index in [0.717, 1.165) is 5.56 Å². The van der Waals surface area contributed by atoms with Crippen LogP contribution in [0.2, 0.25) is 0 Å². The van der Waals surface area contributed by atoms with Gasteiger partial charge in [-0.25, -0.2) is 9.59 Å². The van der Waals surface area contributed by atoms with Crippen LogP contribution in [0.1, 0.15) is 12.5 Å². The number of hydrogen-bond acceptors (Lipinski definition) is 4. The topological polar surface area (TPSA) is 90.6 Å². The number of amides is 2. The van der Waals surface area contributed by atoms with Gasteiger partial charge in [0.15, 0.2) is 0 Å². The first kappa shape index (κ1) is 16.6. The zero-order chi connectivity index (χ0) is 15.7. The molecule has 21 heavy (non-hydrogen) atoms. The van der Waals surface area contributed by atoms with Crippen LogP contribution < -0.4 is 11.1 Å². The van der Waals surface area contributed by atoms with Crippen molar-refractivity contribution in [3.05, 3.63) is 48.6 Å². The Morgan fingerprint density at radius 3 is 2.57 bits per heavy atom. The number of alkyl carbamates (subject to hydrolysis) is 1. The van der Waals surface area contributed by atoms with Gasteiger partial charge in [-0.3, -0.25) is 0 Å². The SMILES string of the molecule is C=CC(C)C(COC(N)=O)NC(=O)OCc1ccccc1. The first-order chi connectivity index (χ1) is 10.0. The minimum absolute atomic E-state index is 0.0387. The second-order valence-corrected chi connectivity index (χ2v) is 4.54. The van der Waals surface area contributed by atoms with Gasteiger partial charge >= 0.3 is 12.2 Å². The minimum atomic E-state index is -0.893. The van der Waals surface area contributed by atoms with E-state index in [9.17, 15) is 9.59 Å². The molecule has 0 aromatic heterocycles. The van der Waals surface area contributed by atoms with Crippen molar-refractivity contribution in [2.24, 2.45) is 11.7 Å². The van der Waals surface area contributed by atoms with Crippen LogP contribution in [0, 0.1) is 5.92 Å². The smallest absolute Gasteiger partial charge is 0.407 e. The fourth-order valence-corrected chi connectivity index (χ4v) is 1.58. The summed E-state index contributed by atoms with van der Waals surface area (Å²) < 4.78 is 9.82. The number of nitrogens with two attached hydrogens (primary N) is 1. The average molecular weight is 292 g/mol. The molecule has 0 fully saturated rings. The van der Waals surface area contributed by atoms with Crippen molar-refractivity contribution in [2.75, 3.05) is 6.61 Å². The van der Waals surface area contributed by atoms with Crippen molar-refractivity contribution in [1.29, 1.82) is 0 Å². The summed E-state index contributed by atoms with van der Waals surface area (Å²) in [5.74, 6) is -0.103. The van der Waals surface area contributed by atoms with Crippen molar-refractivity contribution in [1.82, 2.24) is 5.32 Å². The Labute approximate surface area is 123 Å². The molecule has 0 bridgehead atoms. The highest BCUT2D eigenvalue weighted by Gasteiger charge is 2.19. The van der Waals surface area contributed by atoms with Crippen LogP contribution in [0.15, 0.2) is 43.0 Å². The highest BCUT2D eigenvalue weighted by molar-refractivity contribution is 5.68. The van der Waals surface area contributed by atoms with Gasteiger partial charge in [0, 0.05) is 0 Å². The van der Waals surface area contributed by atoms with Crippen LogP contribution in [-0.4, -0.2) is 24.8 Å². The molecule has 114 valence electrons. The van der Waals surface area contributed by atoms with Crippen LogP contribution in [0.4, 0.5) is 9.59 Å². The maximum atomic E-state index is 11.8. The summed E-state index contributed by atoms with van der Waals surface area (Å²) in [5, 5.41) is 2.63. The summed E-state index contributed by atoms with van der Waals surface area (Å²) in [6.45, 7) is 5.60. The highest BCUT2D eigenvalue weighted by atomic mass is 16.6. The quantitative estimate of drug-likeness (QED) is 0.754. The van der Waals surface area contributed by atoms with Gasteiger partial charge in [-0.15, -0.1) is 6.58 Å². The maximum absolute atomic E-state index is 11.8. The summed E-state index contributed by atoms with van der Waals surface area (Å²) in [6.07, 6.45) is 0.160. The average Bonchev–Trinajstić information content (AvgIpc) is 2.49. The predicted molar refractivity (Wildman–Crippen MR) is 78.4 cm³/mol. The largest absolute Gasteiger partial charge is 0.448 e. The van der Waals surface area contributed by atoms with Crippen molar-refractivity contribution < 1.29 is 19.1 Å². The molecule has 1 aromatic carbocycles. The third-order valence-electron chi connectivity index (χ3n) is 2.93. The lowest BCUT2D eigenvalue weighted by Crippen LogP contribution is -2.43. The number of hydrogen-bond donors (Lipinski definition) is 2. The van der Waals surface area contributed by atoms with Crippen LogP contribution in [0.3, 0.4) is 0 Å². The molecule has 0 heterocycles. The number of carbonyl (C=O) groups excluding carboxylic acids is 2. The van der Waals surface area contributed by atoms with Crippen molar-refractivity contribution in [3.8, 4) is 0 Å². The van der Waals surface area contributed by atoms with Crippen LogP contribution in [0.5, 0.6) is 0 Å². The Hall–Kier alpha value is -2.50. The van der Waals surface area contributed by atoms with E-state index in [1.165, 1.54) is 0 Å². The van der Waals surface area contributed by atoms with E-state index in [1.807, 2.05) is 37.3 Å². The van der Waals surface area contributed by atoms with E-state index >= 15 is 0 Å². The van der Waals surface area contributed by atoms with E-state index in [-0.39, 0.29) is 19.1 Å². The number of benzene rings is 1. The van der Waals surface area contributed by atoms with Gasteiger partial charge in [-0.2, -0.15) is 0 Å². The highest BCUT2D eigenvalue weighted by Crippen LogP contribution is 2.06. The Balaban J connectivity index is 2.47. The fourth-order valence-electron chi connectivity index (χ4n) is 1.58. The molecule has 6 heteroatoms. The van der Waals surface area contributed by atoms with E-state index in [4.69, 9.17) is 15.2 Å². The molecule has 0 aliphatic rings. The van der Waals surface area contributed by atoms with Gasteiger partial charge < -0.3 is 20.5 Å². The zero-order valence-corrected chi connectivity index (χ0v) is 12.0. The molecule has 1 aromatic rings. The Morgan fingerprint density at radius 1 is 1.33 bits per heavy atom. The van der Waals surface area contributed by atoms with E-state index < -0.39 is 18.2 Å². The zero-order valence-electron chi connectivity index (χ0n) is 12.0. The molecule has 6 nitrogen and oxygen atoms in total. The van der Waals surface area contributed by atoms with Crippen LogP contribution in [0.25, 0.3) is 0 Å². The molecule has 2 atom stereocenters. The van der Waals surface area contributed by atoms with Gasteiger partial charge in [0.1, 0.15) is 13.2 Å². The fraction of sp³-hybridized carbons (Fsp3) is 0.333. The second-order valence-electron chi connectivity index (χ2n) is 4.54. The molecule has 3 N–H and O–H groups in total. The molecular weight excluding hydrogens is 272 g/mol. The van der Waals surface area contributed by atoms with E-state index in [2.05, 4.69) is 11.9 Å². The lowest BCUT2D eigenvalue weighted by molar-refractivity contribution is 0.113. The molecule has 0 spiro atoms. The van der Waals surface area contributed by atoms with Gasteiger partial charge in [-0.05, 0) is 11.5 Å². The second kappa shape index (κ2) is 8.63. The number of primary amides is 1. The van der Waals surface area contributed by atoms with Gasteiger partial charge in [0.05, 0.1) is 6.04 Å². The number of nitrogens with one attached hydrogen (secondary N) is 1. The van der Waals surface area contributed by atoms with Gasteiger partial charge in [-0.1, -0.05) is 43.3 Å². The van der Waals surface area contributed by atoms with Crippen LogP contribution in [-0.2, 0) is 16.1 Å². The molecule has 0 aliphatic carbocycles. The van der Waals surface area contributed by atoms with Gasteiger partial charge in [0.2, 0.25) is 0 Å².